The number of aliphatic hydroxyl groups excluding tert-OH is 1. The first kappa shape index (κ1) is 12.5. The van der Waals surface area contributed by atoms with Gasteiger partial charge in [0.1, 0.15) is 6.07 Å². The number of rotatable bonds is 4. The smallest absolute Gasteiger partial charge is 0.101 e. The van der Waals surface area contributed by atoms with Crippen LogP contribution in [0, 0.1) is 24.2 Å². The molecular formula is C13H18N2O. The standard InChI is InChI=1S/C13H18N2O/c1-9-4-5-12(7-14)13(6-9)15-11(3)10(2)8-16/h4-6,10-11,15-16H,8H2,1-3H3. The van der Waals surface area contributed by atoms with Crippen molar-refractivity contribution in [2.75, 3.05) is 11.9 Å². The van der Waals surface area contributed by atoms with Crippen LogP contribution < -0.4 is 5.32 Å². The van der Waals surface area contributed by atoms with E-state index in [4.69, 9.17) is 10.4 Å². The van der Waals surface area contributed by atoms with Crippen LogP contribution in [-0.2, 0) is 0 Å². The minimum atomic E-state index is 0.138. The second-order valence-corrected chi connectivity index (χ2v) is 4.25. The van der Waals surface area contributed by atoms with Crippen molar-refractivity contribution < 1.29 is 5.11 Å². The summed E-state index contributed by atoms with van der Waals surface area (Å²) in [7, 11) is 0. The van der Waals surface area contributed by atoms with Crippen molar-refractivity contribution in [1.82, 2.24) is 0 Å². The van der Waals surface area contributed by atoms with Gasteiger partial charge in [0.25, 0.3) is 0 Å². The van der Waals surface area contributed by atoms with Crippen LogP contribution in [0.1, 0.15) is 25.0 Å². The number of nitrogens with zero attached hydrogens (tertiary/aromatic N) is 1. The molecule has 1 aromatic rings. The molecule has 0 heterocycles. The van der Waals surface area contributed by atoms with Gasteiger partial charge in [-0.25, -0.2) is 0 Å². The molecule has 1 aromatic carbocycles. The van der Waals surface area contributed by atoms with Crippen molar-refractivity contribution in [3.8, 4) is 6.07 Å². The maximum atomic E-state index is 9.06. The molecule has 3 nitrogen and oxygen atoms in total. The summed E-state index contributed by atoms with van der Waals surface area (Å²) in [6, 6.07) is 7.99. The van der Waals surface area contributed by atoms with E-state index in [1.165, 1.54) is 0 Å². The molecule has 2 atom stereocenters. The molecule has 0 saturated heterocycles. The zero-order valence-electron chi connectivity index (χ0n) is 9.99. The van der Waals surface area contributed by atoms with E-state index in [9.17, 15) is 0 Å². The highest BCUT2D eigenvalue weighted by molar-refractivity contribution is 5.59. The van der Waals surface area contributed by atoms with Crippen molar-refractivity contribution in [3.63, 3.8) is 0 Å². The first-order valence-corrected chi connectivity index (χ1v) is 5.46. The van der Waals surface area contributed by atoms with E-state index in [-0.39, 0.29) is 18.6 Å². The van der Waals surface area contributed by atoms with Gasteiger partial charge >= 0.3 is 0 Å². The summed E-state index contributed by atoms with van der Waals surface area (Å²) >= 11 is 0. The summed E-state index contributed by atoms with van der Waals surface area (Å²) in [5, 5.41) is 21.3. The first-order chi connectivity index (χ1) is 7.58. The average molecular weight is 218 g/mol. The van der Waals surface area contributed by atoms with Crippen molar-refractivity contribution in [1.29, 1.82) is 5.26 Å². The van der Waals surface area contributed by atoms with Crippen LogP contribution in [0.15, 0.2) is 18.2 Å². The Morgan fingerprint density at radius 1 is 1.44 bits per heavy atom. The number of hydrogen-bond donors (Lipinski definition) is 2. The Morgan fingerprint density at radius 3 is 2.69 bits per heavy atom. The third kappa shape index (κ3) is 2.98. The molecule has 0 aliphatic rings. The molecule has 0 aromatic heterocycles. The van der Waals surface area contributed by atoms with Gasteiger partial charge in [-0.15, -0.1) is 0 Å². The van der Waals surface area contributed by atoms with Crippen molar-refractivity contribution >= 4 is 5.69 Å². The van der Waals surface area contributed by atoms with E-state index in [0.29, 0.717) is 5.56 Å². The molecule has 0 spiro atoms. The van der Waals surface area contributed by atoms with Crippen molar-refractivity contribution in [2.24, 2.45) is 5.92 Å². The summed E-state index contributed by atoms with van der Waals surface area (Å²) in [6.45, 7) is 6.11. The van der Waals surface area contributed by atoms with Gasteiger partial charge < -0.3 is 10.4 Å². The Hall–Kier alpha value is -1.53. The Balaban J connectivity index is 2.88. The minimum absolute atomic E-state index is 0.138. The van der Waals surface area contributed by atoms with Gasteiger partial charge in [-0.3, -0.25) is 0 Å². The lowest BCUT2D eigenvalue weighted by molar-refractivity contribution is 0.226. The highest BCUT2D eigenvalue weighted by atomic mass is 16.3. The van der Waals surface area contributed by atoms with Crippen LogP contribution in [0.25, 0.3) is 0 Å². The summed E-state index contributed by atoms with van der Waals surface area (Å²) < 4.78 is 0. The number of hydrogen-bond acceptors (Lipinski definition) is 3. The molecule has 0 amide bonds. The van der Waals surface area contributed by atoms with Crippen LogP contribution >= 0.6 is 0 Å². The van der Waals surface area contributed by atoms with E-state index in [2.05, 4.69) is 11.4 Å². The van der Waals surface area contributed by atoms with E-state index < -0.39 is 0 Å². The first-order valence-electron chi connectivity index (χ1n) is 5.46. The number of anilines is 1. The topological polar surface area (TPSA) is 56.0 Å². The third-order valence-electron chi connectivity index (χ3n) is 2.82. The fraction of sp³-hybridized carbons (Fsp3) is 0.462. The Morgan fingerprint density at radius 2 is 2.12 bits per heavy atom. The normalized spacial score (nSPS) is 13.9. The summed E-state index contributed by atoms with van der Waals surface area (Å²) in [4.78, 5) is 0. The fourth-order valence-electron chi connectivity index (χ4n) is 1.42. The predicted molar refractivity (Wildman–Crippen MR) is 65.2 cm³/mol. The molecule has 2 N–H and O–H groups in total. The van der Waals surface area contributed by atoms with Gasteiger partial charge in [-0.05, 0) is 37.5 Å². The number of aliphatic hydroxyl groups is 1. The lowest BCUT2D eigenvalue weighted by Gasteiger charge is -2.21. The highest BCUT2D eigenvalue weighted by Gasteiger charge is 2.12. The van der Waals surface area contributed by atoms with Crippen LogP contribution in [0.2, 0.25) is 0 Å². The van der Waals surface area contributed by atoms with Gasteiger partial charge in [-0.1, -0.05) is 13.0 Å². The number of nitriles is 1. The van der Waals surface area contributed by atoms with Gasteiger partial charge in [0.2, 0.25) is 0 Å². The highest BCUT2D eigenvalue weighted by Crippen LogP contribution is 2.19. The molecule has 0 fully saturated rings. The quantitative estimate of drug-likeness (QED) is 0.815. The van der Waals surface area contributed by atoms with E-state index in [1.807, 2.05) is 39.0 Å². The maximum Gasteiger partial charge on any atom is 0.101 e. The minimum Gasteiger partial charge on any atom is -0.396 e. The van der Waals surface area contributed by atoms with Gasteiger partial charge in [-0.2, -0.15) is 5.26 Å². The van der Waals surface area contributed by atoms with Gasteiger partial charge in [0, 0.05) is 12.6 Å². The monoisotopic (exact) mass is 218 g/mol. The molecule has 0 aliphatic carbocycles. The molecule has 0 bridgehead atoms. The number of nitrogens with one attached hydrogen (secondary N) is 1. The van der Waals surface area contributed by atoms with Crippen molar-refractivity contribution in [2.45, 2.75) is 26.8 Å². The lowest BCUT2D eigenvalue weighted by atomic mass is 10.0. The molecule has 0 radical (unpaired) electrons. The average Bonchev–Trinajstić information content (AvgIpc) is 2.28. The Kier molecular flexibility index (Phi) is 4.33. The van der Waals surface area contributed by atoms with E-state index in [0.717, 1.165) is 11.3 Å². The van der Waals surface area contributed by atoms with Crippen LogP contribution in [0.5, 0.6) is 0 Å². The Labute approximate surface area is 96.7 Å². The second-order valence-electron chi connectivity index (χ2n) is 4.25. The SMILES string of the molecule is Cc1ccc(C#N)c(NC(C)C(C)CO)c1. The second kappa shape index (κ2) is 5.53. The Bertz CT molecular complexity index is 395. The fourth-order valence-corrected chi connectivity index (χ4v) is 1.42. The van der Waals surface area contributed by atoms with Crippen molar-refractivity contribution in [3.05, 3.63) is 29.3 Å². The van der Waals surface area contributed by atoms with Gasteiger partial charge in [0.15, 0.2) is 0 Å². The largest absolute Gasteiger partial charge is 0.396 e. The van der Waals surface area contributed by atoms with Gasteiger partial charge in [0.05, 0.1) is 11.3 Å². The molecule has 0 aliphatic heterocycles. The molecule has 2 unspecified atom stereocenters. The van der Waals surface area contributed by atoms with Crippen LogP contribution in [0.3, 0.4) is 0 Å². The predicted octanol–water partition coefficient (Wildman–Crippen LogP) is 2.30. The molecule has 16 heavy (non-hydrogen) atoms. The molecule has 3 heteroatoms. The van der Waals surface area contributed by atoms with E-state index >= 15 is 0 Å². The van der Waals surface area contributed by atoms with Crippen LogP contribution in [0.4, 0.5) is 5.69 Å². The number of aryl methyl sites for hydroxylation is 1. The lowest BCUT2D eigenvalue weighted by Crippen LogP contribution is -2.26. The number of benzene rings is 1. The summed E-state index contributed by atoms with van der Waals surface area (Å²) in [5.41, 5.74) is 2.60. The zero-order valence-corrected chi connectivity index (χ0v) is 9.99. The summed E-state index contributed by atoms with van der Waals surface area (Å²) in [5.74, 6) is 0.159. The third-order valence-corrected chi connectivity index (χ3v) is 2.82. The van der Waals surface area contributed by atoms with E-state index in [1.54, 1.807) is 0 Å². The molecule has 1 rings (SSSR count). The molecule has 0 saturated carbocycles. The zero-order chi connectivity index (χ0) is 12.1. The van der Waals surface area contributed by atoms with Crippen LogP contribution in [-0.4, -0.2) is 17.8 Å². The maximum absolute atomic E-state index is 9.06. The molecular weight excluding hydrogens is 200 g/mol. The molecule has 86 valence electrons. The summed E-state index contributed by atoms with van der Waals surface area (Å²) in [6.07, 6.45) is 0.